The van der Waals surface area contributed by atoms with E-state index in [1.807, 2.05) is 0 Å². The van der Waals surface area contributed by atoms with Crippen molar-refractivity contribution in [2.45, 2.75) is 67.6 Å². The molecule has 2 aliphatic carbocycles. The molecule has 2 saturated carbocycles. The van der Waals surface area contributed by atoms with Crippen molar-refractivity contribution in [3.8, 4) is 0 Å². The highest BCUT2D eigenvalue weighted by atomic mass is 32.2. The molecule has 3 aliphatic rings. The van der Waals surface area contributed by atoms with Gasteiger partial charge in [-0.25, -0.2) is 5.01 Å². The zero-order valence-corrected chi connectivity index (χ0v) is 20.9. The highest BCUT2D eigenvalue weighted by molar-refractivity contribution is 7.85. The van der Waals surface area contributed by atoms with E-state index >= 15 is 0 Å². The van der Waals surface area contributed by atoms with Gasteiger partial charge in [0.25, 0.3) is 0 Å². The third-order valence-electron chi connectivity index (χ3n) is 6.47. The average Bonchev–Trinajstić information content (AvgIpc) is 3.78. The van der Waals surface area contributed by atoms with Crippen LogP contribution in [0.4, 0.5) is 26.3 Å². The van der Waals surface area contributed by atoms with Gasteiger partial charge in [-0.05, 0) is 44.2 Å². The number of nitrogens with one attached hydrogen (secondary N) is 1. The van der Waals surface area contributed by atoms with Crippen molar-refractivity contribution in [1.82, 2.24) is 15.3 Å². The van der Waals surface area contributed by atoms with Crippen LogP contribution in [0.5, 0.6) is 0 Å². The lowest BCUT2D eigenvalue weighted by Gasteiger charge is -2.25. The van der Waals surface area contributed by atoms with E-state index in [9.17, 15) is 49.7 Å². The minimum absolute atomic E-state index is 0.0200. The zero-order chi connectivity index (χ0) is 28.5. The molecule has 0 radical (unpaired) electrons. The Bertz CT molecular complexity index is 1120. The molecule has 0 bridgehead atoms. The second kappa shape index (κ2) is 11.0. The van der Waals surface area contributed by atoms with Crippen LogP contribution in [0, 0.1) is 5.41 Å². The predicted molar refractivity (Wildman–Crippen MR) is 120 cm³/mol. The van der Waals surface area contributed by atoms with Gasteiger partial charge in [0.2, 0.25) is 18.1 Å². The molecule has 15 heteroatoms. The molecule has 2 atom stereocenters. The van der Waals surface area contributed by atoms with Gasteiger partial charge in [-0.2, -0.15) is 26.3 Å². The van der Waals surface area contributed by atoms with Gasteiger partial charge in [-0.1, -0.05) is 12.1 Å². The first-order valence-corrected chi connectivity index (χ1v) is 12.8. The number of hydrogen-bond donors (Lipinski definition) is 1. The number of likely N-dealkylation sites (tertiary alicyclic amines) is 1. The second-order valence-electron chi connectivity index (χ2n) is 9.24. The number of amides is 3. The first-order valence-electron chi connectivity index (χ1n) is 11.6. The normalized spacial score (nSPS) is 21.0. The van der Waals surface area contributed by atoms with Gasteiger partial charge in [0.05, 0.1) is 32.6 Å². The summed E-state index contributed by atoms with van der Waals surface area (Å²) in [6.07, 6.45) is -7.71. The highest BCUT2D eigenvalue weighted by Crippen LogP contribution is 2.58. The minimum atomic E-state index is -4.69. The predicted octanol–water partition coefficient (Wildman–Crippen LogP) is 2.98. The molecule has 1 aromatic carbocycles. The van der Waals surface area contributed by atoms with E-state index in [0.29, 0.717) is 6.41 Å². The number of hydrogen-bond acceptors (Lipinski definition) is 5. The van der Waals surface area contributed by atoms with Crippen molar-refractivity contribution in [3.05, 3.63) is 29.8 Å². The molecule has 210 valence electrons. The summed E-state index contributed by atoms with van der Waals surface area (Å²) in [6, 6.07) is 4.43. The summed E-state index contributed by atoms with van der Waals surface area (Å²) in [5.74, 6) is -2.27. The zero-order valence-electron chi connectivity index (χ0n) is 20.1. The summed E-state index contributed by atoms with van der Waals surface area (Å²) < 4.78 is 91.0. The van der Waals surface area contributed by atoms with Crippen LogP contribution in [0.15, 0.2) is 29.2 Å². The quantitative estimate of drug-likeness (QED) is 0.236. The van der Waals surface area contributed by atoms with Crippen molar-refractivity contribution in [2.24, 2.45) is 5.41 Å². The van der Waals surface area contributed by atoms with Crippen LogP contribution >= 0.6 is 0 Å². The fourth-order valence-corrected chi connectivity index (χ4v) is 5.69. The van der Waals surface area contributed by atoms with Gasteiger partial charge < -0.3 is 4.90 Å². The summed E-state index contributed by atoms with van der Waals surface area (Å²) in [5.41, 5.74) is -1.19. The molecule has 2 unspecified atom stereocenters. The van der Waals surface area contributed by atoms with Crippen LogP contribution < -0.4 is 5.43 Å². The van der Waals surface area contributed by atoms with Gasteiger partial charge in [0.15, 0.2) is 0 Å². The lowest BCUT2D eigenvalue weighted by atomic mass is 10.1. The highest BCUT2D eigenvalue weighted by Gasteiger charge is 2.69. The molecule has 1 N–H and O–H groups in total. The summed E-state index contributed by atoms with van der Waals surface area (Å²) in [7, 11) is -2.08. The second-order valence-corrected chi connectivity index (χ2v) is 10.9. The Morgan fingerprint density at radius 1 is 1.08 bits per heavy atom. The van der Waals surface area contributed by atoms with Crippen LogP contribution in [-0.4, -0.2) is 68.7 Å². The molecule has 0 aromatic heterocycles. The third kappa shape index (κ3) is 6.35. The number of carbonyl (C=O) groups excluding carboxylic acids is 4. The van der Waals surface area contributed by atoms with E-state index < -0.39 is 61.9 Å². The maximum Gasteiger partial charge on any atom is 0.417 e. The molecule has 1 aromatic rings. The molecule has 3 fully saturated rings. The fraction of sp³-hybridized carbons (Fsp3) is 0.565. The van der Waals surface area contributed by atoms with Crippen molar-refractivity contribution < 1.29 is 49.7 Å². The van der Waals surface area contributed by atoms with Crippen LogP contribution in [0.1, 0.15) is 44.6 Å². The molecule has 0 spiro atoms. The van der Waals surface area contributed by atoms with Crippen molar-refractivity contribution in [2.75, 3.05) is 13.1 Å². The van der Waals surface area contributed by atoms with E-state index in [2.05, 4.69) is 5.43 Å². The average molecular weight is 570 g/mol. The van der Waals surface area contributed by atoms with Gasteiger partial charge in [0.1, 0.15) is 5.41 Å². The Balaban J connectivity index is 0.000000279. The number of benzene rings is 1. The molecular formula is C23H25F6N3O5S. The van der Waals surface area contributed by atoms with E-state index in [0.717, 1.165) is 34.9 Å². The number of alkyl halides is 6. The summed E-state index contributed by atoms with van der Waals surface area (Å²) >= 11 is 0. The molecule has 1 aliphatic heterocycles. The third-order valence-corrected chi connectivity index (χ3v) is 8.25. The summed E-state index contributed by atoms with van der Waals surface area (Å²) in [5, 5.41) is 0.265. The van der Waals surface area contributed by atoms with Crippen molar-refractivity contribution >= 4 is 34.8 Å². The van der Waals surface area contributed by atoms with Crippen LogP contribution in [0.2, 0.25) is 0 Å². The van der Waals surface area contributed by atoms with E-state index in [-0.39, 0.29) is 38.4 Å². The largest absolute Gasteiger partial charge is 0.417 e. The van der Waals surface area contributed by atoms with Gasteiger partial charge in [-0.3, -0.25) is 28.8 Å². The van der Waals surface area contributed by atoms with Gasteiger partial charge in [-0.15, -0.1) is 0 Å². The van der Waals surface area contributed by atoms with Crippen molar-refractivity contribution in [1.29, 1.82) is 0 Å². The lowest BCUT2D eigenvalue weighted by molar-refractivity contribution is -0.197. The smallest absolute Gasteiger partial charge is 0.341 e. The molecule has 8 nitrogen and oxygen atoms in total. The fourth-order valence-electron chi connectivity index (χ4n) is 4.08. The summed E-state index contributed by atoms with van der Waals surface area (Å²) in [6.45, 7) is 0.904. The first kappa shape index (κ1) is 29.6. The number of carbonyl (C=O) groups is 4. The molecule has 4 rings (SSSR count). The Morgan fingerprint density at radius 3 is 2.16 bits per heavy atom. The molecule has 1 saturated heterocycles. The number of Topliss-reactive ketones (excluding diaryl/α,β-unsaturated/α-hetero) is 1. The number of hydrazine groups is 1. The van der Waals surface area contributed by atoms with Crippen LogP contribution in [0.25, 0.3) is 0 Å². The number of rotatable bonds is 7. The number of nitrogens with zero attached hydrogens (tertiary/aromatic N) is 2. The van der Waals surface area contributed by atoms with E-state index in [1.54, 1.807) is 0 Å². The van der Waals surface area contributed by atoms with Gasteiger partial charge in [0, 0.05) is 20.0 Å². The van der Waals surface area contributed by atoms with E-state index in [4.69, 9.17) is 0 Å². The topological polar surface area (TPSA) is 104 Å². The molecule has 38 heavy (non-hydrogen) atoms. The summed E-state index contributed by atoms with van der Waals surface area (Å²) in [4.78, 5) is 44.6. The van der Waals surface area contributed by atoms with Crippen LogP contribution in [0.3, 0.4) is 0 Å². The standard InChI is InChI=1S/C16H15F6NO2S.C7H10N2O3/c17-15(18,19)11-3-1-2-4-12(11)26(25)10-5-8-23(9-10)13(24)14(6-7-14)16(20,21)22;1-5(11)7(12)9(8-4-10)6-2-3-6/h1-4,10H,5-9H2;4,6H,2-3H2,1H3,(H,8,10). The maximum absolute atomic E-state index is 13.1. The monoisotopic (exact) mass is 569 g/mol. The number of ketones is 1. The van der Waals surface area contributed by atoms with Crippen molar-refractivity contribution in [3.63, 3.8) is 0 Å². The Kier molecular flexibility index (Phi) is 8.58. The Morgan fingerprint density at radius 2 is 1.68 bits per heavy atom. The Labute approximate surface area is 216 Å². The van der Waals surface area contributed by atoms with E-state index in [1.165, 1.54) is 19.1 Å². The number of halogens is 6. The molecule has 3 amide bonds. The lowest BCUT2D eigenvalue weighted by Crippen LogP contribution is -2.46. The van der Waals surface area contributed by atoms with Crippen LogP contribution in [-0.2, 0) is 36.2 Å². The molecule has 1 heterocycles. The maximum atomic E-state index is 13.1. The molecular weight excluding hydrogens is 544 g/mol. The Hall–Kier alpha value is -2.97. The SMILES string of the molecule is CC(=O)C(=O)N(NC=O)C1CC1.O=C(N1CCC(S(=O)c2ccccc2C(F)(F)F)C1)C1(C(F)(F)F)CC1. The first-order chi connectivity index (χ1) is 17.6. The minimum Gasteiger partial charge on any atom is -0.341 e. The van der Waals surface area contributed by atoms with Gasteiger partial charge >= 0.3 is 18.3 Å².